The normalized spacial score (nSPS) is 12.1. The lowest BCUT2D eigenvalue weighted by Crippen LogP contribution is -2.17. The summed E-state index contributed by atoms with van der Waals surface area (Å²) in [7, 11) is 1.69. The number of aromatic nitrogens is 2. The molecule has 0 aliphatic heterocycles. The van der Waals surface area contributed by atoms with Gasteiger partial charge in [0.15, 0.2) is 0 Å². The van der Waals surface area contributed by atoms with Crippen molar-refractivity contribution in [1.29, 1.82) is 0 Å². The summed E-state index contributed by atoms with van der Waals surface area (Å²) in [5.74, 6) is 0.617. The van der Waals surface area contributed by atoms with Crippen molar-refractivity contribution in [3.8, 4) is 0 Å². The molecule has 1 N–H and O–H groups in total. The topological polar surface area (TPSA) is 47.0 Å². The predicted octanol–water partition coefficient (Wildman–Crippen LogP) is 2.58. The van der Waals surface area contributed by atoms with Crippen LogP contribution in [0, 0.1) is 6.92 Å². The Morgan fingerprint density at radius 1 is 1.17 bits per heavy atom. The third-order valence-electron chi connectivity index (χ3n) is 2.62. The maximum atomic E-state index is 5.24. The average Bonchev–Trinajstić information content (AvgIpc) is 2.42. The first kappa shape index (κ1) is 12.5. The van der Waals surface area contributed by atoms with Crippen LogP contribution in [0.4, 0.5) is 5.95 Å². The average molecular weight is 243 g/mol. The number of aryl methyl sites for hydroxylation is 1. The van der Waals surface area contributed by atoms with E-state index in [9.17, 15) is 0 Å². The molecule has 1 aromatic carbocycles. The van der Waals surface area contributed by atoms with Crippen LogP contribution in [0.5, 0.6) is 0 Å². The van der Waals surface area contributed by atoms with Crippen molar-refractivity contribution in [2.24, 2.45) is 0 Å². The van der Waals surface area contributed by atoms with Crippen molar-refractivity contribution in [3.05, 3.63) is 53.9 Å². The van der Waals surface area contributed by atoms with Crippen LogP contribution in [0.1, 0.15) is 17.2 Å². The summed E-state index contributed by atoms with van der Waals surface area (Å²) in [6, 6.07) is 10.2. The summed E-state index contributed by atoms with van der Waals surface area (Å²) in [6.07, 6.45) is 3.59. The molecule has 1 unspecified atom stereocenters. The molecule has 94 valence electrons. The molecule has 0 fully saturated rings. The maximum Gasteiger partial charge on any atom is 0.223 e. The molecule has 0 saturated heterocycles. The summed E-state index contributed by atoms with van der Waals surface area (Å²) in [4.78, 5) is 8.50. The number of methoxy groups -OCH3 is 1. The standard InChI is InChI=1S/C14H17N3O/c1-11-8-15-14(16-9-11)17-13(10-18-2)12-6-4-3-5-7-12/h3-9,13H,10H2,1-2H3,(H,15,16,17). The maximum absolute atomic E-state index is 5.24. The summed E-state index contributed by atoms with van der Waals surface area (Å²) >= 11 is 0. The second-order valence-corrected chi connectivity index (χ2v) is 4.15. The third kappa shape index (κ3) is 3.28. The number of nitrogens with one attached hydrogen (secondary N) is 1. The summed E-state index contributed by atoms with van der Waals surface area (Å²) < 4.78 is 5.24. The summed E-state index contributed by atoms with van der Waals surface area (Å²) in [5, 5.41) is 3.28. The van der Waals surface area contributed by atoms with Gasteiger partial charge < -0.3 is 10.1 Å². The number of rotatable bonds is 5. The number of nitrogens with zero attached hydrogens (tertiary/aromatic N) is 2. The van der Waals surface area contributed by atoms with Crippen molar-refractivity contribution in [1.82, 2.24) is 9.97 Å². The number of ether oxygens (including phenoxy) is 1. The second kappa shape index (κ2) is 6.12. The van der Waals surface area contributed by atoms with Gasteiger partial charge in [-0.3, -0.25) is 0 Å². The van der Waals surface area contributed by atoms with Crippen molar-refractivity contribution >= 4 is 5.95 Å². The van der Waals surface area contributed by atoms with Gasteiger partial charge >= 0.3 is 0 Å². The van der Waals surface area contributed by atoms with Crippen LogP contribution in [-0.4, -0.2) is 23.7 Å². The van der Waals surface area contributed by atoms with Gasteiger partial charge in [0, 0.05) is 19.5 Å². The third-order valence-corrected chi connectivity index (χ3v) is 2.62. The first-order valence-electron chi connectivity index (χ1n) is 5.88. The van der Waals surface area contributed by atoms with E-state index in [-0.39, 0.29) is 6.04 Å². The highest BCUT2D eigenvalue weighted by Gasteiger charge is 2.11. The Kier molecular flexibility index (Phi) is 4.25. The highest BCUT2D eigenvalue weighted by Crippen LogP contribution is 2.17. The monoisotopic (exact) mass is 243 g/mol. The number of anilines is 1. The molecular weight excluding hydrogens is 226 g/mol. The zero-order valence-corrected chi connectivity index (χ0v) is 10.6. The molecule has 0 saturated carbocycles. The van der Waals surface area contributed by atoms with E-state index in [0.717, 1.165) is 11.1 Å². The Bertz CT molecular complexity index is 470. The van der Waals surface area contributed by atoms with E-state index in [1.54, 1.807) is 19.5 Å². The van der Waals surface area contributed by atoms with Crippen LogP contribution in [0.3, 0.4) is 0 Å². The van der Waals surface area contributed by atoms with Crippen molar-refractivity contribution in [2.75, 3.05) is 19.0 Å². The second-order valence-electron chi connectivity index (χ2n) is 4.15. The molecule has 2 aromatic rings. The first-order valence-corrected chi connectivity index (χ1v) is 5.88. The van der Waals surface area contributed by atoms with E-state index in [1.807, 2.05) is 25.1 Å². The van der Waals surface area contributed by atoms with E-state index < -0.39 is 0 Å². The van der Waals surface area contributed by atoms with Crippen LogP contribution in [0.25, 0.3) is 0 Å². The van der Waals surface area contributed by atoms with Crippen LogP contribution >= 0.6 is 0 Å². The van der Waals surface area contributed by atoms with Gasteiger partial charge in [-0.2, -0.15) is 0 Å². The molecule has 4 nitrogen and oxygen atoms in total. The van der Waals surface area contributed by atoms with Crippen molar-refractivity contribution in [3.63, 3.8) is 0 Å². The molecule has 0 spiro atoms. The Labute approximate surface area is 107 Å². The van der Waals surface area contributed by atoms with Crippen LogP contribution in [0.2, 0.25) is 0 Å². The Morgan fingerprint density at radius 3 is 2.44 bits per heavy atom. The molecular formula is C14H17N3O. The van der Waals surface area contributed by atoms with Gasteiger partial charge in [0.05, 0.1) is 12.6 Å². The minimum atomic E-state index is 0.0545. The van der Waals surface area contributed by atoms with Crippen molar-refractivity contribution in [2.45, 2.75) is 13.0 Å². The van der Waals surface area contributed by atoms with E-state index in [2.05, 4.69) is 27.4 Å². The van der Waals surface area contributed by atoms with Crippen LogP contribution in [-0.2, 0) is 4.74 Å². The van der Waals surface area contributed by atoms with E-state index in [4.69, 9.17) is 4.74 Å². The molecule has 4 heteroatoms. The van der Waals surface area contributed by atoms with E-state index in [0.29, 0.717) is 12.6 Å². The van der Waals surface area contributed by atoms with Crippen molar-refractivity contribution < 1.29 is 4.74 Å². The number of hydrogen-bond acceptors (Lipinski definition) is 4. The minimum absolute atomic E-state index is 0.0545. The molecule has 0 amide bonds. The first-order chi connectivity index (χ1) is 8.79. The fourth-order valence-electron chi connectivity index (χ4n) is 1.70. The quantitative estimate of drug-likeness (QED) is 0.876. The molecule has 1 aromatic heterocycles. The van der Waals surface area contributed by atoms with Gasteiger partial charge in [0.2, 0.25) is 5.95 Å². The lowest BCUT2D eigenvalue weighted by Gasteiger charge is -2.18. The fraction of sp³-hybridized carbons (Fsp3) is 0.286. The SMILES string of the molecule is COCC(Nc1ncc(C)cn1)c1ccccc1. The highest BCUT2D eigenvalue weighted by atomic mass is 16.5. The zero-order chi connectivity index (χ0) is 12.8. The molecule has 0 aliphatic carbocycles. The molecule has 1 atom stereocenters. The Hall–Kier alpha value is -1.94. The number of benzene rings is 1. The largest absolute Gasteiger partial charge is 0.382 e. The zero-order valence-electron chi connectivity index (χ0n) is 10.6. The lowest BCUT2D eigenvalue weighted by atomic mass is 10.1. The number of hydrogen-bond donors (Lipinski definition) is 1. The van der Waals surface area contributed by atoms with E-state index in [1.165, 1.54) is 0 Å². The lowest BCUT2D eigenvalue weighted by molar-refractivity contribution is 0.186. The van der Waals surface area contributed by atoms with Gasteiger partial charge in [-0.05, 0) is 18.1 Å². The molecule has 0 bridgehead atoms. The Balaban J connectivity index is 2.14. The minimum Gasteiger partial charge on any atom is -0.382 e. The molecule has 18 heavy (non-hydrogen) atoms. The molecule has 2 rings (SSSR count). The molecule has 0 aliphatic rings. The van der Waals surface area contributed by atoms with E-state index >= 15 is 0 Å². The summed E-state index contributed by atoms with van der Waals surface area (Å²) in [5.41, 5.74) is 2.20. The fourth-order valence-corrected chi connectivity index (χ4v) is 1.70. The van der Waals surface area contributed by atoms with Crippen LogP contribution < -0.4 is 5.32 Å². The highest BCUT2D eigenvalue weighted by molar-refractivity contribution is 5.32. The van der Waals surface area contributed by atoms with Gasteiger partial charge in [-0.15, -0.1) is 0 Å². The predicted molar refractivity (Wildman–Crippen MR) is 71.5 cm³/mol. The van der Waals surface area contributed by atoms with Crippen LogP contribution in [0.15, 0.2) is 42.7 Å². The summed E-state index contributed by atoms with van der Waals surface area (Å²) in [6.45, 7) is 2.54. The van der Waals surface area contributed by atoms with Gasteiger partial charge in [-0.1, -0.05) is 30.3 Å². The van der Waals surface area contributed by atoms with Gasteiger partial charge in [-0.25, -0.2) is 9.97 Å². The smallest absolute Gasteiger partial charge is 0.223 e. The Morgan fingerprint density at radius 2 is 1.83 bits per heavy atom. The molecule has 0 radical (unpaired) electrons. The van der Waals surface area contributed by atoms with Gasteiger partial charge in [0.25, 0.3) is 0 Å². The molecule has 1 heterocycles. The van der Waals surface area contributed by atoms with Gasteiger partial charge in [0.1, 0.15) is 0 Å².